The molecule has 9 heavy (non-hydrogen) atoms. The van der Waals surface area contributed by atoms with Crippen LogP contribution in [0, 0.1) is 5.41 Å². The molecule has 0 bridgehead atoms. The average Bonchev–Trinajstić information content (AvgIpc) is 1.64. The smallest absolute Gasteiger partial charge is 0.0572 e. The number of hydrogen-bond acceptors (Lipinski definition) is 2. The minimum atomic E-state index is 0.274. The molecule has 2 heteroatoms. The summed E-state index contributed by atoms with van der Waals surface area (Å²) >= 11 is 0. The van der Waals surface area contributed by atoms with Crippen LogP contribution >= 0.6 is 0 Å². The Bertz CT molecular complexity index is 75.5. The number of rotatable bonds is 2. The van der Waals surface area contributed by atoms with E-state index in [1.54, 1.807) is 7.11 Å². The summed E-state index contributed by atoms with van der Waals surface area (Å²) in [5.41, 5.74) is 3.16. The predicted octanol–water partition coefficient (Wildman–Crippen LogP) is 1.57. The van der Waals surface area contributed by atoms with Gasteiger partial charge in [0.15, 0.2) is 0 Å². The largest absolute Gasteiger partial charge is 0.305 e. The zero-order chi connectivity index (χ0) is 7.49. The van der Waals surface area contributed by atoms with Gasteiger partial charge in [-0.1, -0.05) is 20.8 Å². The third kappa shape index (κ3) is 3.49. The van der Waals surface area contributed by atoms with Crippen molar-refractivity contribution in [1.29, 1.82) is 0 Å². The van der Waals surface area contributed by atoms with Gasteiger partial charge < -0.3 is 4.84 Å². The van der Waals surface area contributed by atoms with E-state index in [1.165, 1.54) is 0 Å². The van der Waals surface area contributed by atoms with Crippen molar-refractivity contribution in [2.24, 2.45) is 5.41 Å². The molecule has 0 aliphatic carbocycles. The summed E-state index contributed by atoms with van der Waals surface area (Å²) in [4.78, 5) is 4.78. The predicted molar refractivity (Wildman–Crippen MR) is 39.1 cm³/mol. The summed E-state index contributed by atoms with van der Waals surface area (Å²) in [5.74, 6) is 0. The fraction of sp³-hybridized carbons (Fsp3) is 1.00. The van der Waals surface area contributed by atoms with Gasteiger partial charge in [0.1, 0.15) is 0 Å². The van der Waals surface area contributed by atoms with Crippen molar-refractivity contribution >= 4 is 0 Å². The molecule has 0 aromatic heterocycles. The highest BCUT2D eigenvalue weighted by Crippen LogP contribution is 2.17. The summed E-state index contributed by atoms with van der Waals surface area (Å²) < 4.78 is 0. The first-order valence-electron chi connectivity index (χ1n) is 3.27. The van der Waals surface area contributed by atoms with Gasteiger partial charge in [-0.2, -0.15) is 5.48 Å². The Labute approximate surface area is 57.5 Å². The van der Waals surface area contributed by atoms with Gasteiger partial charge in [-0.05, 0) is 12.3 Å². The van der Waals surface area contributed by atoms with Crippen LogP contribution in [0.3, 0.4) is 0 Å². The maximum absolute atomic E-state index is 4.78. The van der Waals surface area contributed by atoms with Crippen LogP contribution in [0.4, 0.5) is 0 Å². The van der Waals surface area contributed by atoms with E-state index in [0.29, 0.717) is 6.04 Å². The SMILES string of the molecule is CONC(C)C(C)(C)C. The van der Waals surface area contributed by atoms with Gasteiger partial charge >= 0.3 is 0 Å². The quantitative estimate of drug-likeness (QED) is 0.574. The highest BCUT2D eigenvalue weighted by molar-refractivity contribution is 4.72. The highest BCUT2D eigenvalue weighted by atomic mass is 16.6. The summed E-state index contributed by atoms with van der Waals surface area (Å²) in [7, 11) is 1.64. The van der Waals surface area contributed by atoms with Crippen LogP contribution in [0.15, 0.2) is 0 Å². The first kappa shape index (κ1) is 8.92. The minimum Gasteiger partial charge on any atom is -0.305 e. The Morgan fingerprint density at radius 1 is 1.33 bits per heavy atom. The van der Waals surface area contributed by atoms with Crippen molar-refractivity contribution in [1.82, 2.24) is 5.48 Å². The molecule has 0 amide bonds. The van der Waals surface area contributed by atoms with Crippen molar-refractivity contribution in [3.63, 3.8) is 0 Å². The number of nitrogens with one attached hydrogen (secondary N) is 1. The van der Waals surface area contributed by atoms with Crippen LogP contribution < -0.4 is 5.48 Å². The molecule has 56 valence electrons. The number of hydrogen-bond donors (Lipinski definition) is 1. The first-order valence-corrected chi connectivity index (χ1v) is 3.27. The number of hydroxylamine groups is 1. The molecular formula is C7H17NO. The molecule has 0 spiro atoms. The molecule has 1 N–H and O–H groups in total. The second-order valence-electron chi connectivity index (χ2n) is 3.41. The van der Waals surface area contributed by atoms with Crippen molar-refractivity contribution in [2.75, 3.05) is 7.11 Å². The van der Waals surface area contributed by atoms with Gasteiger partial charge in [0.05, 0.1) is 7.11 Å². The molecule has 0 aromatic carbocycles. The second kappa shape index (κ2) is 3.18. The lowest BCUT2D eigenvalue weighted by molar-refractivity contribution is 0.0313. The Morgan fingerprint density at radius 3 is 1.89 bits per heavy atom. The molecule has 0 rings (SSSR count). The van der Waals surface area contributed by atoms with Crippen molar-refractivity contribution < 1.29 is 4.84 Å². The summed E-state index contributed by atoms with van der Waals surface area (Å²) in [5, 5.41) is 0. The van der Waals surface area contributed by atoms with E-state index < -0.39 is 0 Å². The van der Waals surface area contributed by atoms with E-state index in [9.17, 15) is 0 Å². The molecule has 0 aliphatic rings. The Kier molecular flexibility index (Phi) is 3.15. The van der Waals surface area contributed by atoms with Gasteiger partial charge in [-0.25, -0.2) is 0 Å². The van der Waals surface area contributed by atoms with Gasteiger partial charge in [-0.3, -0.25) is 0 Å². The van der Waals surface area contributed by atoms with Crippen molar-refractivity contribution in [2.45, 2.75) is 33.7 Å². The van der Waals surface area contributed by atoms with Gasteiger partial charge in [0.25, 0.3) is 0 Å². The molecule has 1 atom stereocenters. The van der Waals surface area contributed by atoms with E-state index in [4.69, 9.17) is 4.84 Å². The summed E-state index contributed by atoms with van der Waals surface area (Å²) in [6, 6.07) is 0.391. The van der Waals surface area contributed by atoms with Gasteiger partial charge in [0.2, 0.25) is 0 Å². The maximum Gasteiger partial charge on any atom is 0.0572 e. The summed E-state index contributed by atoms with van der Waals surface area (Å²) in [6.45, 7) is 8.61. The maximum atomic E-state index is 4.78. The Hall–Kier alpha value is -0.0800. The van der Waals surface area contributed by atoms with E-state index in [-0.39, 0.29) is 5.41 Å². The van der Waals surface area contributed by atoms with Gasteiger partial charge in [-0.15, -0.1) is 0 Å². The van der Waals surface area contributed by atoms with Gasteiger partial charge in [0, 0.05) is 6.04 Å². The van der Waals surface area contributed by atoms with E-state index in [0.717, 1.165) is 0 Å². The molecule has 2 nitrogen and oxygen atoms in total. The van der Waals surface area contributed by atoms with Crippen LogP contribution in [-0.4, -0.2) is 13.2 Å². The lowest BCUT2D eigenvalue weighted by Gasteiger charge is -2.26. The summed E-state index contributed by atoms with van der Waals surface area (Å²) in [6.07, 6.45) is 0. The molecule has 1 unspecified atom stereocenters. The average molecular weight is 131 g/mol. The zero-order valence-electron chi connectivity index (χ0n) is 6.99. The molecule has 0 aromatic rings. The van der Waals surface area contributed by atoms with Crippen LogP contribution in [0.25, 0.3) is 0 Å². The normalized spacial score (nSPS) is 15.7. The minimum absolute atomic E-state index is 0.274. The topological polar surface area (TPSA) is 21.3 Å². The van der Waals surface area contributed by atoms with Crippen molar-refractivity contribution in [3.8, 4) is 0 Å². The van der Waals surface area contributed by atoms with E-state index >= 15 is 0 Å². The molecular weight excluding hydrogens is 114 g/mol. The fourth-order valence-electron chi connectivity index (χ4n) is 0.354. The monoisotopic (exact) mass is 131 g/mol. The third-order valence-electron chi connectivity index (χ3n) is 1.59. The van der Waals surface area contributed by atoms with Crippen LogP contribution in [0.2, 0.25) is 0 Å². The molecule has 0 fully saturated rings. The standard InChI is InChI=1S/C7H17NO/c1-6(8-9-5)7(2,3)4/h6,8H,1-5H3. The molecule has 0 aliphatic heterocycles. The molecule has 0 radical (unpaired) electrons. The van der Waals surface area contributed by atoms with Crippen LogP contribution in [0.5, 0.6) is 0 Å². The first-order chi connectivity index (χ1) is 3.98. The van der Waals surface area contributed by atoms with E-state index in [2.05, 4.69) is 33.2 Å². The van der Waals surface area contributed by atoms with E-state index in [1.807, 2.05) is 0 Å². The fourth-order valence-corrected chi connectivity index (χ4v) is 0.354. The molecule has 0 heterocycles. The highest BCUT2D eigenvalue weighted by Gasteiger charge is 2.18. The lowest BCUT2D eigenvalue weighted by Crippen LogP contribution is -2.36. The molecule has 0 saturated heterocycles. The lowest BCUT2D eigenvalue weighted by atomic mass is 9.89. The molecule has 0 saturated carbocycles. The zero-order valence-corrected chi connectivity index (χ0v) is 6.99. The van der Waals surface area contributed by atoms with Crippen LogP contribution in [-0.2, 0) is 4.84 Å². The second-order valence-corrected chi connectivity index (χ2v) is 3.41. The van der Waals surface area contributed by atoms with Crippen LogP contribution in [0.1, 0.15) is 27.7 Å². The third-order valence-corrected chi connectivity index (χ3v) is 1.59. The Balaban J connectivity index is 3.59. The Morgan fingerprint density at radius 2 is 1.78 bits per heavy atom. The van der Waals surface area contributed by atoms with Crippen molar-refractivity contribution in [3.05, 3.63) is 0 Å².